The Morgan fingerprint density at radius 2 is 1.83 bits per heavy atom. The van der Waals surface area contributed by atoms with E-state index in [1.165, 1.54) is 4.90 Å². The highest BCUT2D eigenvalue weighted by atomic mass is 32.2. The first kappa shape index (κ1) is 32.9. The normalized spacial score (nSPS) is 20.2. The van der Waals surface area contributed by atoms with Crippen LogP contribution in [0.4, 0.5) is 16.3 Å². The number of sulfone groups is 1. The summed E-state index contributed by atoms with van der Waals surface area (Å²) in [6, 6.07) is 7.58. The van der Waals surface area contributed by atoms with Gasteiger partial charge >= 0.3 is 6.09 Å². The predicted octanol–water partition coefficient (Wildman–Crippen LogP) is 4.09. The van der Waals surface area contributed by atoms with E-state index in [-0.39, 0.29) is 23.1 Å². The van der Waals surface area contributed by atoms with Gasteiger partial charge in [-0.1, -0.05) is 19.9 Å². The van der Waals surface area contributed by atoms with E-state index in [0.29, 0.717) is 48.9 Å². The van der Waals surface area contributed by atoms with Crippen molar-refractivity contribution in [1.82, 2.24) is 24.6 Å². The van der Waals surface area contributed by atoms with Crippen LogP contribution in [0, 0.1) is 5.41 Å². The minimum Gasteiger partial charge on any atom is -0.444 e. The van der Waals surface area contributed by atoms with E-state index in [1.807, 2.05) is 48.6 Å². The summed E-state index contributed by atoms with van der Waals surface area (Å²) < 4.78 is 40.1. The summed E-state index contributed by atoms with van der Waals surface area (Å²) in [6.07, 6.45) is 2.34. The van der Waals surface area contributed by atoms with E-state index in [1.54, 1.807) is 20.2 Å². The monoisotopic (exact) mass is 665 g/mol. The van der Waals surface area contributed by atoms with E-state index in [0.717, 1.165) is 41.5 Å². The lowest BCUT2D eigenvalue weighted by Crippen LogP contribution is -2.46. The molecule has 0 bridgehead atoms. The van der Waals surface area contributed by atoms with Gasteiger partial charge in [-0.25, -0.2) is 23.2 Å². The van der Waals surface area contributed by atoms with Crippen molar-refractivity contribution in [2.75, 3.05) is 37.1 Å². The van der Waals surface area contributed by atoms with Gasteiger partial charge in [-0.2, -0.15) is 5.10 Å². The summed E-state index contributed by atoms with van der Waals surface area (Å²) in [7, 11) is -0.385. The summed E-state index contributed by atoms with van der Waals surface area (Å²) in [5.41, 5.74) is 3.31. The molecule has 2 aliphatic heterocycles. The maximum Gasteiger partial charge on any atom is 0.412 e. The lowest BCUT2D eigenvalue weighted by atomic mass is 9.71. The van der Waals surface area contributed by atoms with E-state index in [2.05, 4.69) is 34.2 Å². The minimum absolute atomic E-state index is 0.168. The van der Waals surface area contributed by atoms with E-state index < -0.39 is 27.1 Å². The quantitative estimate of drug-likeness (QED) is 0.404. The third-order valence-corrected chi connectivity index (χ3v) is 9.96. The molecule has 1 unspecified atom stereocenters. The van der Waals surface area contributed by atoms with Gasteiger partial charge < -0.3 is 19.3 Å². The SMILES string of the molecule is CN(C)C(=O)c1cc2n(n1)CCCN(c1nc(S(C)(=O)=O)nc3c1COC1(C3)c3cc(NC(=O)OC(C)(C)C)ccc3CC1(C)C)C2. The molecule has 3 aliphatic rings. The molecule has 0 fully saturated rings. The highest BCUT2D eigenvalue weighted by Gasteiger charge is 2.56. The van der Waals surface area contributed by atoms with Gasteiger partial charge in [0.2, 0.25) is 15.0 Å². The number of aromatic nitrogens is 4. The molecule has 6 rings (SSSR count). The highest BCUT2D eigenvalue weighted by Crippen LogP contribution is 2.57. The molecule has 0 saturated heterocycles. The van der Waals surface area contributed by atoms with Gasteiger partial charge in [0.05, 0.1) is 24.5 Å². The van der Waals surface area contributed by atoms with E-state index in [9.17, 15) is 18.0 Å². The number of carbonyl (C=O) groups is 2. The molecule has 13 nitrogen and oxygen atoms in total. The van der Waals surface area contributed by atoms with Crippen LogP contribution in [0.25, 0.3) is 0 Å². The van der Waals surface area contributed by atoms with Gasteiger partial charge in [0.25, 0.3) is 5.91 Å². The van der Waals surface area contributed by atoms with E-state index >= 15 is 0 Å². The maximum absolute atomic E-state index is 13.0. The largest absolute Gasteiger partial charge is 0.444 e. The molecule has 3 aromatic rings. The van der Waals surface area contributed by atoms with Crippen LogP contribution in [-0.4, -0.2) is 77.6 Å². The number of aryl methyl sites for hydroxylation is 1. The number of carbonyl (C=O) groups excluding carboxylic acids is 2. The number of hydrogen-bond donors (Lipinski definition) is 1. The van der Waals surface area contributed by atoms with Gasteiger partial charge in [0, 0.05) is 56.5 Å². The van der Waals surface area contributed by atoms with Gasteiger partial charge in [-0.05, 0) is 62.9 Å². The van der Waals surface area contributed by atoms with Crippen LogP contribution in [0.3, 0.4) is 0 Å². The summed E-state index contributed by atoms with van der Waals surface area (Å²) >= 11 is 0. The summed E-state index contributed by atoms with van der Waals surface area (Å²) in [4.78, 5) is 38.1. The molecule has 1 spiro atoms. The minimum atomic E-state index is -3.76. The molecule has 0 radical (unpaired) electrons. The summed E-state index contributed by atoms with van der Waals surface area (Å²) in [5, 5.41) is 7.16. The van der Waals surface area contributed by atoms with Gasteiger partial charge in [0.15, 0.2) is 5.69 Å². The van der Waals surface area contributed by atoms with Crippen molar-refractivity contribution in [2.24, 2.45) is 5.41 Å². The third kappa shape index (κ3) is 6.08. The van der Waals surface area contributed by atoms with Crippen molar-refractivity contribution in [3.8, 4) is 0 Å². The van der Waals surface area contributed by atoms with Crippen molar-refractivity contribution in [3.05, 3.63) is 58.0 Å². The summed E-state index contributed by atoms with van der Waals surface area (Å²) in [6.45, 7) is 11.5. The second-order valence-electron chi connectivity index (χ2n) is 14.6. The average molecular weight is 666 g/mol. The number of nitrogens with one attached hydrogen (secondary N) is 1. The fraction of sp³-hybridized carbons (Fsp3) is 0.545. The smallest absolute Gasteiger partial charge is 0.412 e. The molecular weight excluding hydrogens is 622 g/mol. The fourth-order valence-corrected chi connectivity index (χ4v) is 7.40. The van der Waals surface area contributed by atoms with Crippen LogP contribution in [-0.2, 0) is 57.5 Å². The molecule has 4 heterocycles. The predicted molar refractivity (Wildman–Crippen MR) is 175 cm³/mol. The molecule has 1 atom stereocenters. The van der Waals surface area contributed by atoms with Crippen molar-refractivity contribution < 1.29 is 27.5 Å². The molecule has 2 amide bonds. The lowest BCUT2D eigenvalue weighted by molar-refractivity contribution is -0.139. The van der Waals surface area contributed by atoms with Gasteiger partial charge in [0.1, 0.15) is 17.0 Å². The fourth-order valence-electron chi connectivity index (χ4n) is 6.87. The van der Waals surface area contributed by atoms with Crippen LogP contribution >= 0.6 is 0 Å². The average Bonchev–Trinajstić information content (AvgIpc) is 3.36. The number of anilines is 2. The molecule has 2 aromatic heterocycles. The lowest BCUT2D eigenvalue weighted by Gasteiger charge is -2.45. The standard InChI is InChI=1S/C33H43N7O6S/c1-31(2,3)46-30(42)34-21-11-10-20-16-32(4,5)33(24(20)14-21)17-26-23(19-45-33)27(36-29(35-26)47(8,43)44)39-12-9-13-40-22(18-39)15-25(37-40)28(41)38(6)7/h10-11,14-15H,9,12-13,16-19H2,1-8H3,(H,34,42). The van der Waals surface area contributed by atoms with Crippen molar-refractivity contribution in [1.29, 1.82) is 0 Å². The van der Waals surface area contributed by atoms with Crippen LogP contribution in [0.15, 0.2) is 29.4 Å². The Kier molecular flexibility index (Phi) is 7.90. The Morgan fingerprint density at radius 3 is 2.51 bits per heavy atom. The molecule has 1 N–H and O–H groups in total. The number of amides is 2. The Bertz CT molecular complexity index is 1880. The van der Waals surface area contributed by atoms with Crippen molar-refractivity contribution >= 4 is 33.3 Å². The Labute approximate surface area is 275 Å². The number of nitrogens with zero attached hydrogens (tertiary/aromatic N) is 6. The second-order valence-corrected chi connectivity index (χ2v) is 16.5. The topological polar surface area (TPSA) is 149 Å². The zero-order chi connectivity index (χ0) is 34.1. The molecule has 1 aromatic carbocycles. The Morgan fingerprint density at radius 1 is 1.09 bits per heavy atom. The van der Waals surface area contributed by atoms with Crippen LogP contribution in [0.1, 0.15) is 79.6 Å². The second kappa shape index (κ2) is 11.3. The first-order valence-corrected chi connectivity index (χ1v) is 17.7. The zero-order valence-electron chi connectivity index (χ0n) is 28.3. The number of hydrogen-bond acceptors (Lipinski definition) is 10. The van der Waals surface area contributed by atoms with Crippen LogP contribution in [0.2, 0.25) is 0 Å². The first-order chi connectivity index (χ1) is 21.9. The molecule has 1 aliphatic carbocycles. The number of benzene rings is 1. The number of rotatable bonds is 4. The van der Waals surface area contributed by atoms with Crippen LogP contribution < -0.4 is 10.2 Å². The molecule has 0 saturated carbocycles. The maximum atomic E-state index is 13.0. The van der Waals surface area contributed by atoms with Crippen molar-refractivity contribution in [3.63, 3.8) is 0 Å². The highest BCUT2D eigenvalue weighted by molar-refractivity contribution is 7.90. The van der Waals surface area contributed by atoms with E-state index in [4.69, 9.17) is 9.47 Å². The Balaban J connectivity index is 1.39. The third-order valence-electron chi connectivity index (χ3n) is 9.12. The molecule has 47 heavy (non-hydrogen) atoms. The summed E-state index contributed by atoms with van der Waals surface area (Å²) in [5.74, 6) is 0.329. The molecule has 252 valence electrons. The van der Waals surface area contributed by atoms with Gasteiger partial charge in [-0.3, -0.25) is 14.8 Å². The zero-order valence-corrected chi connectivity index (χ0v) is 29.1. The first-order valence-electron chi connectivity index (χ1n) is 15.8. The van der Waals surface area contributed by atoms with Crippen molar-refractivity contribution in [2.45, 2.75) is 89.9 Å². The van der Waals surface area contributed by atoms with Gasteiger partial charge in [-0.15, -0.1) is 0 Å². The molecule has 14 heteroatoms. The molecular formula is C33H43N7O6S. The number of ether oxygens (including phenoxy) is 2. The van der Waals surface area contributed by atoms with Crippen LogP contribution in [0.5, 0.6) is 0 Å². The Hall–Kier alpha value is -4.04. The number of fused-ring (bicyclic) bond motifs is 4.